The predicted molar refractivity (Wildman–Crippen MR) is 219 cm³/mol. The van der Waals surface area contributed by atoms with Gasteiger partial charge in [-0.25, -0.2) is 9.59 Å². The maximum Gasteiger partial charge on any atom is 0.510 e. The normalized spacial score (nSPS) is 18.1. The van der Waals surface area contributed by atoms with E-state index in [1.165, 1.54) is 4.57 Å². The second-order valence-corrected chi connectivity index (χ2v) is 15.8. The van der Waals surface area contributed by atoms with Gasteiger partial charge in [-0.2, -0.15) is 5.10 Å². The smallest absolute Gasteiger partial charge is 0.434 e. The van der Waals surface area contributed by atoms with Crippen LogP contribution in [0.1, 0.15) is 61.1 Å². The Morgan fingerprint density at radius 3 is 2.46 bits per heavy atom. The average molecular weight is 781 g/mol. The van der Waals surface area contributed by atoms with Crippen LogP contribution in [0, 0.1) is 6.92 Å². The van der Waals surface area contributed by atoms with Gasteiger partial charge in [0.05, 0.1) is 23.8 Å². The molecule has 0 aliphatic carbocycles. The number of ether oxygens (including phenoxy) is 2. The fourth-order valence-corrected chi connectivity index (χ4v) is 8.70. The minimum absolute atomic E-state index is 0.0641. The van der Waals surface area contributed by atoms with Crippen molar-refractivity contribution in [2.75, 3.05) is 66.0 Å². The number of benzene rings is 2. The van der Waals surface area contributed by atoms with Crippen LogP contribution in [0.4, 0.5) is 9.59 Å². The molecule has 14 heteroatoms. The fourth-order valence-electron chi connectivity index (χ4n) is 8.70. The van der Waals surface area contributed by atoms with Gasteiger partial charge in [0.2, 0.25) is 5.91 Å². The van der Waals surface area contributed by atoms with E-state index in [9.17, 15) is 19.2 Å². The lowest BCUT2D eigenvalue weighted by atomic mass is 9.89. The summed E-state index contributed by atoms with van der Waals surface area (Å²) in [5.74, 6) is -0.169. The number of carbonyl (C=O) groups excluding carboxylic acids is 3. The molecule has 1 atom stereocenters. The van der Waals surface area contributed by atoms with Crippen LogP contribution in [0.5, 0.6) is 0 Å². The van der Waals surface area contributed by atoms with Crippen LogP contribution in [0.15, 0.2) is 66.1 Å². The van der Waals surface area contributed by atoms with Crippen LogP contribution in [0.2, 0.25) is 0 Å². The number of aromatic nitrogens is 3. The largest absolute Gasteiger partial charge is 0.510 e. The van der Waals surface area contributed by atoms with Crippen molar-refractivity contribution in [2.24, 2.45) is 0 Å². The number of H-pyrrole nitrogens is 1. The number of likely N-dealkylation sites (tertiary alicyclic amines) is 2. The summed E-state index contributed by atoms with van der Waals surface area (Å²) in [6.07, 6.45) is 7.87. The van der Waals surface area contributed by atoms with Crippen LogP contribution in [0.25, 0.3) is 21.8 Å². The Balaban J connectivity index is 1.02. The molecule has 5 heterocycles. The molecule has 3 fully saturated rings. The number of aryl methyl sites for hydroxylation is 1. The molecule has 0 bridgehead atoms. The van der Waals surface area contributed by atoms with Crippen LogP contribution in [-0.2, 0) is 27.4 Å². The van der Waals surface area contributed by atoms with Gasteiger partial charge in [-0.15, -0.1) is 6.58 Å². The molecule has 0 saturated carbocycles. The molecule has 2 N–H and O–H groups in total. The molecule has 14 nitrogen and oxygen atoms in total. The third-order valence-corrected chi connectivity index (χ3v) is 12.0. The number of hydrogen-bond acceptors (Lipinski definition) is 9. The zero-order chi connectivity index (χ0) is 39.9. The second-order valence-electron chi connectivity index (χ2n) is 15.8. The van der Waals surface area contributed by atoms with Crippen LogP contribution >= 0.6 is 0 Å². The first kappa shape index (κ1) is 40.0. The third-order valence-electron chi connectivity index (χ3n) is 12.0. The summed E-state index contributed by atoms with van der Waals surface area (Å²) in [4.78, 5) is 63.1. The quantitative estimate of drug-likeness (QED) is 0.115. The summed E-state index contributed by atoms with van der Waals surface area (Å²) in [5.41, 5.74) is 3.99. The lowest BCUT2D eigenvalue weighted by molar-refractivity contribution is -0.135. The van der Waals surface area contributed by atoms with E-state index in [1.807, 2.05) is 48.2 Å². The van der Waals surface area contributed by atoms with Gasteiger partial charge in [0.15, 0.2) is 6.73 Å². The number of nitrogens with zero attached hydrogens (tertiary/aromatic N) is 6. The lowest BCUT2D eigenvalue weighted by Gasteiger charge is -2.43. The molecule has 3 aliphatic heterocycles. The lowest BCUT2D eigenvalue weighted by Crippen LogP contribution is -2.59. The minimum atomic E-state index is -0.830. The molecular formula is C43H56N8O6. The van der Waals surface area contributed by atoms with E-state index in [1.54, 1.807) is 17.2 Å². The summed E-state index contributed by atoms with van der Waals surface area (Å²) in [6.45, 7) is 11.6. The highest BCUT2D eigenvalue weighted by atomic mass is 16.7. The zero-order valence-corrected chi connectivity index (χ0v) is 33.3. The maximum atomic E-state index is 14.3. The number of allylic oxidation sites excluding steroid dienone is 1. The molecule has 3 saturated heterocycles. The van der Waals surface area contributed by atoms with E-state index in [-0.39, 0.29) is 36.8 Å². The fraction of sp³-hybridized carbons (Fsp3) is 0.512. The number of amides is 3. The van der Waals surface area contributed by atoms with Gasteiger partial charge in [0.1, 0.15) is 6.04 Å². The van der Waals surface area contributed by atoms with E-state index in [0.717, 1.165) is 72.9 Å². The first-order valence-electron chi connectivity index (χ1n) is 20.4. The van der Waals surface area contributed by atoms with Gasteiger partial charge in [0, 0.05) is 62.7 Å². The number of urea groups is 1. The highest BCUT2D eigenvalue weighted by Crippen LogP contribution is 2.29. The minimum Gasteiger partial charge on any atom is -0.434 e. The number of fused-ring (bicyclic) bond motifs is 2. The van der Waals surface area contributed by atoms with Crippen molar-refractivity contribution in [1.29, 1.82) is 0 Å². The number of carbonyl (C=O) groups is 3. The first-order valence-corrected chi connectivity index (χ1v) is 20.4. The van der Waals surface area contributed by atoms with Gasteiger partial charge < -0.3 is 29.5 Å². The van der Waals surface area contributed by atoms with Crippen molar-refractivity contribution in [3.8, 4) is 0 Å². The van der Waals surface area contributed by atoms with Crippen molar-refractivity contribution in [3.63, 3.8) is 0 Å². The molecular weight excluding hydrogens is 725 g/mol. The highest BCUT2D eigenvalue weighted by molar-refractivity contribution is 5.88. The van der Waals surface area contributed by atoms with Crippen LogP contribution < -0.4 is 10.9 Å². The van der Waals surface area contributed by atoms with Crippen molar-refractivity contribution < 1.29 is 23.9 Å². The van der Waals surface area contributed by atoms with Crippen molar-refractivity contribution in [3.05, 3.63) is 88.4 Å². The number of hydrogen-bond donors (Lipinski definition) is 2. The number of nitrogens with one attached hydrogen (secondary N) is 2. The van der Waals surface area contributed by atoms with Gasteiger partial charge in [0.25, 0.3) is 5.56 Å². The van der Waals surface area contributed by atoms with E-state index in [2.05, 4.69) is 45.0 Å². The Kier molecular flexibility index (Phi) is 12.9. The van der Waals surface area contributed by atoms with E-state index in [4.69, 9.17) is 9.47 Å². The first-order chi connectivity index (χ1) is 27.7. The van der Waals surface area contributed by atoms with Gasteiger partial charge in [-0.3, -0.25) is 24.2 Å². The van der Waals surface area contributed by atoms with Crippen LogP contribution in [-0.4, -0.2) is 131 Å². The Labute approximate surface area is 333 Å². The second kappa shape index (κ2) is 18.4. The zero-order valence-electron chi connectivity index (χ0n) is 33.3. The molecule has 4 aromatic rings. The molecule has 3 amide bonds. The molecule has 0 radical (unpaired) electrons. The molecule has 304 valence electrons. The molecule has 3 aliphatic rings. The Morgan fingerprint density at radius 1 is 0.947 bits per heavy atom. The van der Waals surface area contributed by atoms with Crippen molar-refractivity contribution in [1.82, 2.24) is 39.7 Å². The van der Waals surface area contributed by atoms with E-state index >= 15 is 0 Å². The number of aromatic amines is 1. The average Bonchev–Trinajstić information content (AvgIpc) is 3.71. The summed E-state index contributed by atoms with van der Waals surface area (Å²) in [5, 5.41) is 12.2. The Morgan fingerprint density at radius 2 is 1.70 bits per heavy atom. The number of piperidine rings is 2. The summed E-state index contributed by atoms with van der Waals surface area (Å²) < 4.78 is 12.0. The van der Waals surface area contributed by atoms with E-state index in [0.29, 0.717) is 69.0 Å². The maximum absolute atomic E-state index is 14.3. The predicted octanol–water partition coefficient (Wildman–Crippen LogP) is 5.00. The molecule has 57 heavy (non-hydrogen) atoms. The number of piperazine rings is 1. The number of para-hydroxylation sites is 1. The topological polar surface area (TPSA) is 145 Å². The molecule has 2 aromatic carbocycles. The Bertz CT molecular complexity index is 2110. The number of unbranched alkanes of at least 4 members (excludes halogenated alkanes) is 1. The molecule has 7 rings (SSSR count). The molecule has 0 spiro atoms. The van der Waals surface area contributed by atoms with E-state index < -0.39 is 12.2 Å². The standard InChI is InChI=1S/C43H56N8O6/c1-4-5-8-23-56-43(55)57-29-51-38-10-7-6-9-33(38)27-36(40(51)52)32-11-17-50(18-12-32)42(54)45-37(26-31-24-30(2)39-34(25-31)28-44-46-39)41(53)49-21-19-48(20-22-49)35-13-15-47(3)16-14-35/h4,6-7,9-10,24-25,27-28,32,35,37H,1,5,8,11-23,26,29H2,2-3H3,(H,44,46)(H,45,54)/t37-/m1/s1. The van der Waals surface area contributed by atoms with Crippen molar-refractivity contribution >= 4 is 39.9 Å². The molecule has 2 aromatic heterocycles. The highest BCUT2D eigenvalue weighted by Gasteiger charge is 2.34. The van der Waals surface area contributed by atoms with Crippen LogP contribution in [0.3, 0.4) is 0 Å². The third kappa shape index (κ3) is 9.50. The SMILES string of the molecule is C=CCCCOC(=O)OCn1c(=O)c(C2CCN(C(=O)N[C@H](Cc3cc(C)c4[nH]ncc4c3)C(=O)N3CCN(C4CCN(C)CC4)CC3)CC2)cc2ccccc21. The Hall–Kier alpha value is -5.21. The summed E-state index contributed by atoms with van der Waals surface area (Å²) in [7, 11) is 2.17. The number of pyridine rings is 1. The molecule has 0 unspecified atom stereocenters. The van der Waals surface area contributed by atoms with Gasteiger partial charge >= 0.3 is 12.2 Å². The van der Waals surface area contributed by atoms with Gasteiger partial charge in [-0.1, -0.05) is 30.3 Å². The van der Waals surface area contributed by atoms with Crippen molar-refractivity contribution in [2.45, 2.75) is 76.6 Å². The monoisotopic (exact) mass is 780 g/mol. The van der Waals surface area contributed by atoms with Gasteiger partial charge in [-0.05, 0) is 106 Å². The summed E-state index contributed by atoms with van der Waals surface area (Å²) >= 11 is 0. The summed E-state index contributed by atoms with van der Waals surface area (Å²) in [6, 6.07) is 13.1. The number of rotatable bonds is 12.